The lowest BCUT2D eigenvalue weighted by Crippen LogP contribution is -2.12. The van der Waals surface area contributed by atoms with E-state index in [2.05, 4.69) is 69.1 Å². The maximum atomic E-state index is 5.49. The van der Waals surface area contributed by atoms with Crippen LogP contribution in [0.4, 0.5) is 0 Å². The van der Waals surface area contributed by atoms with Gasteiger partial charge in [-0.15, -0.1) is 0 Å². The molecule has 0 radical (unpaired) electrons. The molecule has 0 saturated heterocycles. The van der Waals surface area contributed by atoms with Crippen LogP contribution in [0, 0.1) is 0 Å². The van der Waals surface area contributed by atoms with Gasteiger partial charge in [-0.2, -0.15) is 0 Å². The predicted octanol–water partition coefficient (Wildman–Crippen LogP) is 5.16. The standard InChI is InChI=1S/C17H23Br2NO/c1-13(18)7-9-15(19)10-8-14-5-3-4-6-16(14)17-11-12-21-20(17)2/h3-6,11,13,15H,7-10,12H2,1-2H3. The molecule has 0 aromatic heterocycles. The molecule has 1 aliphatic rings. The molecule has 4 heteroatoms. The van der Waals surface area contributed by atoms with Crippen LogP contribution in [0.15, 0.2) is 30.3 Å². The number of benzene rings is 1. The molecule has 2 unspecified atom stereocenters. The molecule has 2 atom stereocenters. The van der Waals surface area contributed by atoms with Crippen LogP contribution in [0.1, 0.15) is 37.3 Å². The highest BCUT2D eigenvalue weighted by atomic mass is 79.9. The summed E-state index contributed by atoms with van der Waals surface area (Å²) >= 11 is 7.43. The number of hydrogen-bond donors (Lipinski definition) is 0. The summed E-state index contributed by atoms with van der Waals surface area (Å²) in [5.74, 6) is 0. The van der Waals surface area contributed by atoms with E-state index in [4.69, 9.17) is 4.84 Å². The monoisotopic (exact) mass is 415 g/mol. The molecule has 0 N–H and O–H groups in total. The van der Waals surface area contributed by atoms with E-state index in [1.54, 1.807) is 0 Å². The van der Waals surface area contributed by atoms with Gasteiger partial charge in [0.2, 0.25) is 0 Å². The summed E-state index contributed by atoms with van der Waals surface area (Å²) in [6.45, 7) is 2.88. The van der Waals surface area contributed by atoms with Crippen LogP contribution >= 0.6 is 31.9 Å². The van der Waals surface area contributed by atoms with Crippen molar-refractivity contribution in [2.75, 3.05) is 13.7 Å². The van der Waals surface area contributed by atoms with Crippen molar-refractivity contribution in [2.24, 2.45) is 0 Å². The van der Waals surface area contributed by atoms with E-state index in [0.717, 1.165) is 12.8 Å². The molecule has 0 fully saturated rings. The molecule has 1 aliphatic heterocycles. The third-order valence-corrected chi connectivity index (χ3v) is 5.16. The number of hydroxylamine groups is 2. The van der Waals surface area contributed by atoms with Gasteiger partial charge in [-0.25, -0.2) is 0 Å². The number of rotatable bonds is 7. The molecular weight excluding hydrogens is 394 g/mol. The summed E-state index contributed by atoms with van der Waals surface area (Å²) < 4.78 is 0. The molecule has 1 aromatic carbocycles. The van der Waals surface area contributed by atoms with Crippen LogP contribution < -0.4 is 0 Å². The van der Waals surface area contributed by atoms with Crippen molar-refractivity contribution >= 4 is 37.6 Å². The maximum absolute atomic E-state index is 5.49. The van der Waals surface area contributed by atoms with Gasteiger partial charge in [0, 0.05) is 22.3 Å². The summed E-state index contributed by atoms with van der Waals surface area (Å²) in [5.41, 5.74) is 3.88. The number of alkyl halides is 2. The fraction of sp³-hybridized carbons (Fsp3) is 0.529. The molecule has 21 heavy (non-hydrogen) atoms. The average molecular weight is 417 g/mol. The molecule has 0 bridgehead atoms. The number of halogens is 2. The molecule has 0 aliphatic carbocycles. The average Bonchev–Trinajstić information content (AvgIpc) is 2.89. The minimum Gasteiger partial charge on any atom is -0.269 e. The number of aryl methyl sites for hydroxylation is 1. The van der Waals surface area contributed by atoms with Gasteiger partial charge in [-0.05, 0) is 37.3 Å². The molecular formula is C17H23Br2NO. The van der Waals surface area contributed by atoms with Gasteiger partial charge in [-0.1, -0.05) is 63.0 Å². The summed E-state index contributed by atoms with van der Waals surface area (Å²) in [6, 6.07) is 8.65. The lowest BCUT2D eigenvalue weighted by atomic mass is 9.98. The molecule has 1 aromatic rings. The predicted molar refractivity (Wildman–Crippen MR) is 96.8 cm³/mol. The Labute approximate surface area is 144 Å². The number of nitrogens with zero attached hydrogens (tertiary/aromatic N) is 1. The lowest BCUT2D eigenvalue weighted by Gasteiger charge is -2.18. The van der Waals surface area contributed by atoms with Crippen LogP contribution in [0.2, 0.25) is 0 Å². The van der Waals surface area contributed by atoms with Gasteiger partial charge in [0.15, 0.2) is 0 Å². The maximum Gasteiger partial charge on any atom is 0.0954 e. The first-order valence-electron chi connectivity index (χ1n) is 7.51. The van der Waals surface area contributed by atoms with E-state index in [1.807, 2.05) is 12.1 Å². The second-order valence-electron chi connectivity index (χ2n) is 5.53. The smallest absolute Gasteiger partial charge is 0.0954 e. The van der Waals surface area contributed by atoms with Crippen molar-refractivity contribution in [1.29, 1.82) is 0 Å². The van der Waals surface area contributed by atoms with Crippen molar-refractivity contribution in [2.45, 2.75) is 42.3 Å². The highest BCUT2D eigenvalue weighted by molar-refractivity contribution is 9.09. The van der Waals surface area contributed by atoms with E-state index < -0.39 is 0 Å². The van der Waals surface area contributed by atoms with E-state index in [-0.39, 0.29) is 0 Å². The summed E-state index contributed by atoms with van der Waals surface area (Å²) in [7, 11) is 1.97. The summed E-state index contributed by atoms with van der Waals surface area (Å²) in [5, 5.41) is 1.87. The molecule has 1 heterocycles. The van der Waals surface area contributed by atoms with Crippen molar-refractivity contribution < 1.29 is 4.84 Å². The molecule has 0 spiro atoms. The Bertz CT molecular complexity index is 487. The molecule has 116 valence electrons. The Kier molecular flexibility index (Phi) is 6.77. The van der Waals surface area contributed by atoms with E-state index in [0.29, 0.717) is 16.3 Å². The van der Waals surface area contributed by atoms with E-state index in [9.17, 15) is 0 Å². The van der Waals surface area contributed by atoms with Crippen molar-refractivity contribution in [3.05, 3.63) is 41.5 Å². The third kappa shape index (κ3) is 5.11. The fourth-order valence-electron chi connectivity index (χ4n) is 2.56. The first-order chi connectivity index (χ1) is 10.1. The van der Waals surface area contributed by atoms with Crippen LogP contribution in [0.5, 0.6) is 0 Å². The Morgan fingerprint density at radius 3 is 2.62 bits per heavy atom. The Morgan fingerprint density at radius 2 is 1.95 bits per heavy atom. The number of hydrogen-bond acceptors (Lipinski definition) is 2. The Hall–Kier alpha value is -0.320. The van der Waals surface area contributed by atoms with Crippen molar-refractivity contribution in [3.63, 3.8) is 0 Å². The SMILES string of the molecule is CC(Br)CCC(Br)CCc1ccccc1C1=CCON1C. The highest BCUT2D eigenvalue weighted by Crippen LogP contribution is 2.27. The van der Waals surface area contributed by atoms with E-state index in [1.165, 1.54) is 29.7 Å². The van der Waals surface area contributed by atoms with Gasteiger partial charge in [0.05, 0.1) is 12.3 Å². The first-order valence-corrected chi connectivity index (χ1v) is 9.34. The minimum absolute atomic E-state index is 0.581. The largest absolute Gasteiger partial charge is 0.269 e. The second-order valence-corrected chi connectivity index (χ2v) is 8.39. The molecule has 0 saturated carbocycles. The minimum atomic E-state index is 0.581. The molecule has 2 nitrogen and oxygen atoms in total. The van der Waals surface area contributed by atoms with Crippen molar-refractivity contribution in [3.8, 4) is 0 Å². The van der Waals surface area contributed by atoms with Crippen molar-refractivity contribution in [1.82, 2.24) is 5.06 Å². The summed E-state index contributed by atoms with van der Waals surface area (Å²) in [4.78, 5) is 6.67. The van der Waals surface area contributed by atoms with Gasteiger partial charge >= 0.3 is 0 Å². The Balaban J connectivity index is 1.97. The van der Waals surface area contributed by atoms with E-state index >= 15 is 0 Å². The highest BCUT2D eigenvalue weighted by Gasteiger charge is 2.17. The summed E-state index contributed by atoms with van der Waals surface area (Å²) in [6.07, 6.45) is 6.82. The van der Waals surface area contributed by atoms with Crippen LogP contribution in [0.3, 0.4) is 0 Å². The quantitative estimate of drug-likeness (QED) is 0.569. The van der Waals surface area contributed by atoms with Gasteiger partial charge in [0.1, 0.15) is 0 Å². The topological polar surface area (TPSA) is 12.5 Å². The zero-order valence-electron chi connectivity index (χ0n) is 12.7. The van der Waals surface area contributed by atoms with Crippen LogP contribution in [0.25, 0.3) is 5.70 Å². The Morgan fingerprint density at radius 1 is 1.19 bits per heavy atom. The van der Waals surface area contributed by atoms with Gasteiger partial charge in [0.25, 0.3) is 0 Å². The van der Waals surface area contributed by atoms with Gasteiger partial charge in [-0.3, -0.25) is 9.90 Å². The second kappa shape index (κ2) is 8.35. The fourth-order valence-corrected chi connectivity index (χ4v) is 3.32. The lowest BCUT2D eigenvalue weighted by molar-refractivity contribution is -0.0581. The normalized spacial score (nSPS) is 17.7. The zero-order chi connectivity index (χ0) is 15.2. The third-order valence-electron chi connectivity index (χ3n) is 3.78. The van der Waals surface area contributed by atoms with Crippen LogP contribution in [-0.2, 0) is 11.3 Å². The van der Waals surface area contributed by atoms with Crippen LogP contribution in [-0.4, -0.2) is 28.4 Å². The molecule has 0 amide bonds. The zero-order valence-corrected chi connectivity index (χ0v) is 15.9. The van der Waals surface area contributed by atoms with Gasteiger partial charge < -0.3 is 0 Å². The molecule has 2 rings (SSSR count). The first kappa shape index (κ1) is 17.0.